The van der Waals surface area contributed by atoms with Gasteiger partial charge in [-0.1, -0.05) is 0 Å². The highest BCUT2D eigenvalue weighted by atomic mass is 35.5. The fraction of sp³-hybridized carbons (Fsp3) is 0.900. The number of hydrogen-bond donors (Lipinski definition) is 2. The quantitative estimate of drug-likeness (QED) is 0.728. The predicted molar refractivity (Wildman–Crippen MR) is 68.9 cm³/mol. The third-order valence-electron chi connectivity index (χ3n) is 2.41. The van der Waals surface area contributed by atoms with Crippen LogP contribution in [0.5, 0.6) is 0 Å². The summed E-state index contributed by atoms with van der Waals surface area (Å²) in [5, 5.41) is 6.36. The van der Waals surface area contributed by atoms with Gasteiger partial charge in [-0.05, 0) is 37.8 Å². The Hall–Kier alpha value is 0.0700. The van der Waals surface area contributed by atoms with E-state index in [1.165, 1.54) is 6.42 Å². The molecule has 0 aromatic rings. The molecular weight excluding hydrogens is 232 g/mol. The second kappa shape index (κ2) is 9.31. The Labute approximate surface area is 103 Å². The summed E-state index contributed by atoms with van der Waals surface area (Å²) in [6, 6.07) is 0.366. The number of carbonyl (C=O) groups excluding carboxylic acids is 1. The van der Waals surface area contributed by atoms with Gasteiger partial charge in [-0.3, -0.25) is 4.79 Å². The molecule has 90 valence electrons. The van der Waals surface area contributed by atoms with Crippen LogP contribution in [-0.2, 0) is 4.79 Å². The molecule has 1 heterocycles. The summed E-state index contributed by atoms with van der Waals surface area (Å²) in [4.78, 5) is 11.4. The first-order valence-corrected chi connectivity index (χ1v) is 6.71. The molecule has 0 bridgehead atoms. The van der Waals surface area contributed by atoms with Crippen LogP contribution in [0.25, 0.3) is 0 Å². The average molecular weight is 253 g/mol. The maximum atomic E-state index is 11.4. The molecule has 2 N–H and O–H groups in total. The minimum absolute atomic E-state index is 0. The number of carbonyl (C=O) groups is 1. The normalized spacial score (nSPS) is 20.5. The molecule has 1 amide bonds. The Morgan fingerprint density at radius 3 is 3.00 bits per heavy atom. The van der Waals surface area contributed by atoms with Crippen molar-refractivity contribution in [2.75, 3.05) is 25.1 Å². The summed E-state index contributed by atoms with van der Waals surface area (Å²) >= 11 is 1.80. The zero-order chi connectivity index (χ0) is 10.2. The van der Waals surface area contributed by atoms with Gasteiger partial charge in [0.05, 0.1) is 0 Å². The van der Waals surface area contributed by atoms with Crippen molar-refractivity contribution in [1.29, 1.82) is 0 Å². The molecule has 0 aromatic carbocycles. The van der Waals surface area contributed by atoms with Gasteiger partial charge in [0, 0.05) is 19.0 Å². The molecule has 1 saturated heterocycles. The number of amides is 1. The molecule has 1 unspecified atom stereocenters. The van der Waals surface area contributed by atoms with E-state index in [0.29, 0.717) is 12.5 Å². The Morgan fingerprint density at radius 1 is 1.60 bits per heavy atom. The van der Waals surface area contributed by atoms with Crippen molar-refractivity contribution in [3.8, 4) is 0 Å². The van der Waals surface area contributed by atoms with Crippen LogP contribution in [-0.4, -0.2) is 37.0 Å². The molecular formula is C10H21ClN2OS. The fourth-order valence-corrected chi connectivity index (χ4v) is 2.08. The third kappa shape index (κ3) is 7.03. The lowest BCUT2D eigenvalue weighted by atomic mass is 10.1. The van der Waals surface area contributed by atoms with Crippen LogP contribution in [0.15, 0.2) is 0 Å². The zero-order valence-electron chi connectivity index (χ0n) is 9.25. The summed E-state index contributed by atoms with van der Waals surface area (Å²) in [5.41, 5.74) is 0. The van der Waals surface area contributed by atoms with Crippen LogP contribution in [0.4, 0.5) is 0 Å². The van der Waals surface area contributed by atoms with Crippen molar-refractivity contribution in [1.82, 2.24) is 10.6 Å². The SMILES string of the molecule is CSCCCC(=O)NC1CCCNC1.Cl. The van der Waals surface area contributed by atoms with Crippen molar-refractivity contribution in [3.05, 3.63) is 0 Å². The lowest BCUT2D eigenvalue weighted by molar-refractivity contribution is -0.121. The van der Waals surface area contributed by atoms with Gasteiger partial charge >= 0.3 is 0 Å². The molecule has 3 nitrogen and oxygen atoms in total. The van der Waals surface area contributed by atoms with E-state index in [0.717, 1.165) is 31.7 Å². The van der Waals surface area contributed by atoms with Gasteiger partial charge in [0.15, 0.2) is 0 Å². The molecule has 0 aromatic heterocycles. The minimum atomic E-state index is 0. The van der Waals surface area contributed by atoms with E-state index in [1.807, 2.05) is 0 Å². The van der Waals surface area contributed by atoms with Crippen LogP contribution in [0.3, 0.4) is 0 Å². The van der Waals surface area contributed by atoms with E-state index in [-0.39, 0.29) is 18.3 Å². The Morgan fingerprint density at radius 2 is 2.40 bits per heavy atom. The molecule has 0 saturated carbocycles. The molecule has 5 heteroatoms. The number of thioether (sulfide) groups is 1. The first-order valence-electron chi connectivity index (χ1n) is 5.32. The highest BCUT2D eigenvalue weighted by molar-refractivity contribution is 7.98. The number of nitrogens with one attached hydrogen (secondary N) is 2. The zero-order valence-corrected chi connectivity index (χ0v) is 10.9. The minimum Gasteiger partial charge on any atom is -0.352 e. The van der Waals surface area contributed by atoms with Crippen LogP contribution in [0.1, 0.15) is 25.7 Å². The number of halogens is 1. The van der Waals surface area contributed by atoms with Gasteiger partial charge in [-0.25, -0.2) is 0 Å². The van der Waals surface area contributed by atoms with Crippen molar-refractivity contribution in [2.24, 2.45) is 0 Å². The first kappa shape index (κ1) is 15.1. The molecule has 1 atom stereocenters. The summed E-state index contributed by atoms with van der Waals surface area (Å²) in [7, 11) is 0. The lowest BCUT2D eigenvalue weighted by Crippen LogP contribution is -2.45. The van der Waals surface area contributed by atoms with Crippen LogP contribution < -0.4 is 10.6 Å². The van der Waals surface area contributed by atoms with E-state index in [4.69, 9.17) is 0 Å². The van der Waals surface area contributed by atoms with E-state index in [1.54, 1.807) is 11.8 Å². The first-order chi connectivity index (χ1) is 6.83. The Kier molecular flexibility index (Phi) is 9.35. The summed E-state index contributed by atoms with van der Waals surface area (Å²) < 4.78 is 0. The average Bonchev–Trinajstić information content (AvgIpc) is 2.20. The van der Waals surface area contributed by atoms with Crippen molar-refractivity contribution < 1.29 is 4.79 Å². The second-order valence-corrected chi connectivity index (χ2v) is 4.69. The monoisotopic (exact) mass is 252 g/mol. The Balaban J connectivity index is 0.00000196. The third-order valence-corrected chi connectivity index (χ3v) is 3.11. The van der Waals surface area contributed by atoms with E-state index < -0.39 is 0 Å². The highest BCUT2D eigenvalue weighted by Crippen LogP contribution is 2.03. The lowest BCUT2D eigenvalue weighted by Gasteiger charge is -2.23. The smallest absolute Gasteiger partial charge is 0.220 e. The Bertz CT molecular complexity index is 175. The molecule has 1 aliphatic heterocycles. The van der Waals surface area contributed by atoms with Crippen LogP contribution >= 0.6 is 24.2 Å². The van der Waals surface area contributed by atoms with Crippen LogP contribution in [0.2, 0.25) is 0 Å². The molecule has 1 aliphatic rings. The van der Waals surface area contributed by atoms with Crippen molar-refractivity contribution in [3.63, 3.8) is 0 Å². The summed E-state index contributed by atoms with van der Waals surface area (Å²) in [5.74, 6) is 1.30. The standard InChI is InChI=1S/C10H20N2OS.ClH/c1-14-7-3-5-10(13)12-9-4-2-6-11-8-9;/h9,11H,2-8H2,1H3,(H,12,13);1H. The van der Waals surface area contributed by atoms with Gasteiger partial charge < -0.3 is 10.6 Å². The molecule has 0 spiro atoms. The number of piperidine rings is 1. The topological polar surface area (TPSA) is 41.1 Å². The van der Waals surface area contributed by atoms with Gasteiger partial charge in [-0.15, -0.1) is 12.4 Å². The molecule has 0 aliphatic carbocycles. The van der Waals surface area contributed by atoms with Gasteiger partial charge in [-0.2, -0.15) is 11.8 Å². The van der Waals surface area contributed by atoms with E-state index >= 15 is 0 Å². The molecule has 0 radical (unpaired) electrons. The fourth-order valence-electron chi connectivity index (χ4n) is 1.65. The van der Waals surface area contributed by atoms with Crippen LogP contribution in [0, 0.1) is 0 Å². The largest absolute Gasteiger partial charge is 0.352 e. The summed E-state index contributed by atoms with van der Waals surface area (Å²) in [6.45, 7) is 2.03. The van der Waals surface area contributed by atoms with Crippen molar-refractivity contribution >= 4 is 30.1 Å². The van der Waals surface area contributed by atoms with Crippen molar-refractivity contribution in [2.45, 2.75) is 31.7 Å². The molecule has 1 rings (SSSR count). The maximum Gasteiger partial charge on any atom is 0.220 e. The molecule has 1 fully saturated rings. The van der Waals surface area contributed by atoms with Gasteiger partial charge in [0.1, 0.15) is 0 Å². The number of rotatable bonds is 5. The van der Waals surface area contributed by atoms with Gasteiger partial charge in [0.2, 0.25) is 5.91 Å². The molecule has 15 heavy (non-hydrogen) atoms. The van der Waals surface area contributed by atoms with Gasteiger partial charge in [0.25, 0.3) is 0 Å². The highest BCUT2D eigenvalue weighted by Gasteiger charge is 2.14. The van der Waals surface area contributed by atoms with E-state index in [2.05, 4.69) is 16.9 Å². The maximum absolute atomic E-state index is 11.4. The van der Waals surface area contributed by atoms with E-state index in [9.17, 15) is 4.79 Å². The second-order valence-electron chi connectivity index (χ2n) is 3.71. The summed E-state index contributed by atoms with van der Waals surface area (Å²) in [6.07, 6.45) is 6.05. The number of hydrogen-bond acceptors (Lipinski definition) is 3. The predicted octanol–water partition coefficient (Wildman–Crippen LogP) is 1.42.